The van der Waals surface area contributed by atoms with E-state index in [-0.39, 0.29) is 17.9 Å². The predicted octanol–water partition coefficient (Wildman–Crippen LogP) is 1.52. The lowest BCUT2D eigenvalue weighted by molar-refractivity contribution is -0.132. The van der Waals surface area contributed by atoms with Gasteiger partial charge in [0.1, 0.15) is 0 Å². The van der Waals surface area contributed by atoms with Gasteiger partial charge in [0.15, 0.2) is 0 Å². The normalized spacial score (nSPS) is 19.4. The second-order valence-electron chi connectivity index (χ2n) is 5.26. The second-order valence-corrected chi connectivity index (χ2v) is 5.26. The Kier molecular flexibility index (Phi) is 3.18. The summed E-state index contributed by atoms with van der Waals surface area (Å²) in [6.45, 7) is 0.579. The number of carbonyl (C=O) groups is 2. The first kappa shape index (κ1) is 12.7. The molecule has 1 aliphatic heterocycles. The van der Waals surface area contributed by atoms with Gasteiger partial charge in [-0.25, -0.2) is 0 Å². The first-order chi connectivity index (χ1) is 9.63. The van der Waals surface area contributed by atoms with Gasteiger partial charge in [0.25, 0.3) is 5.91 Å². The van der Waals surface area contributed by atoms with Crippen LogP contribution < -0.4 is 5.32 Å². The van der Waals surface area contributed by atoms with Crippen molar-refractivity contribution in [3.05, 3.63) is 36.0 Å². The minimum Gasteiger partial charge on any atom is -0.361 e. The van der Waals surface area contributed by atoms with Crippen LogP contribution in [0.1, 0.15) is 23.2 Å². The number of nitrogens with zero attached hydrogens (tertiary/aromatic N) is 1. The van der Waals surface area contributed by atoms with E-state index in [9.17, 15) is 9.59 Å². The summed E-state index contributed by atoms with van der Waals surface area (Å²) in [6, 6.07) is 7.60. The van der Waals surface area contributed by atoms with Gasteiger partial charge in [0.05, 0.1) is 0 Å². The van der Waals surface area contributed by atoms with Gasteiger partial charge in [-0.3, -0.25) is 9.59 Å². The average molecular weight is 271 g/mol. The summed E-state index contributed by atoms with van der Waals surface area (Å²) < 4.78 is 0. The summed E-state index contributed by atoms with van der Waals surface area (Å²) >= 11 is 0. The molecule has 2 aromatic rings. The minimum atomic E-state index is -0.0887. The summed E-state index contributed by atoms with van der Waals surface area (Å²) in [5.74, 6) is 0.0533. The fraction of sp³-hybridized carbons (Fsp3) is 0.333. The molecule has 1 unspecified atom stereocenters. The molecular weight excluding hydrogens is 254 g/mol. The lowest BCUT2D eigenvalue weighted by Crippen LogP contribution is -2.48. The van der Waals surface area contributed by atoms with E-state index in [0.717, 1.165) is 10.9 Å². The predicted molar refractivity (Wildman–Crippen MR) is 76.4 cm³/mol. The van der Waals surface area contributed by atoms with Crippen LogP contribution in [-0.2, 0) is 4.79 Å². The van der Waals surface area contributed by atoms with E-state index in [1.54, 1.807) is 11.9 Å². The van der Waals surface area contributed by atoms with Crippen LogP contribution in [0.4, 0.5) is 0 Å². The summed E-state index contributed by atoms with van der Waals surface area (Å²) in [4.78, 5) is 28.4. The molecule has 1 fully saturated rings. The standard InChI is InChI=1S/C15H17N3O2/c1-18-9-12(4-5-14(18)19)17-15(20)11-3-2-10-6-7-16-13(10)8-11/h2-3,6-8,12,16H,4-5,9H2,1H3,(H,17,20). The van der Waals surface area contributed by atoms with Crippen molar-refractivity contribution in [3.63, 3.8) is 0 Å². The van der Waals surface area contributed by atoms with Crippen LogP contribution in [0.25, 0.3) is 10.9 Å². The second kappa shape index (κ2) is 5.00. The van der Waals surface area contributed by atoms with Crippen LogP contribution in [0, 0.1) is 0 Å². The van der Waals surface area contributed by atoms with Crippen LogP contribution in [0.2, 0.25) is 0 Å². The Morgan fingerprint density at radius 1 is 1.40 bits per heavy atom. The average Bonchev–Trinajstić information content (AvgIpc) is 2.90. The molecule has 3 rings (SSSR count). The Morgan fingerprint density at radius 2 is 2.25 bits per heavy atom. The highest BCUT2D eigenvalue weighted by Crippen LogP contribution is 2.15. The van der Waals surface area contributed by atoms with Gasteiger partial charge in [-0.2, -0.15) is 0 Å². The van der Waals surface area contributed by atoms with E-state index in [2.05, 4.69) is 10.3 Å². The number of likely N-dealkylation sites (tertiary alicyclic amines) is 1. The number of nitrogens with one attached hydrogen (secondary N) is 2. The number of amides is 2. The van der Waals surface area contributed by atoms with E-state index in [1.165, 1.54) is 0 Å². The third-order valence-electron chi connectivity index (χ3n) is 3.78. The number of aromatic amines is 1. The molecule has 2 amide bonds. The largest absolute Gasteiger partial charge is 0.361 e. The van der Waals surface area contributed by atoms with Crippen LogP contribution in [0.15, 0.2) is 30.5 Å². The Hall–Kier alpha value is -2.30. The molecule has 2 N–H and O–H groups in total. The molecule has 104 valence electrons. The van der Waals surface area contributed by atoms with Crippen molar-refractivity contribution >= 4 is 22.7 Å². The zero-order valence-corrected chi connectivity index (χ0v) is 11.3. The molecule has 0 spiro atoms. The number of hydrogen-bond acceptors (Lipinski definition) is 2. The van der Waals surface area contributed by atoms with E-state index in [4.69, 9.17) is 0 Å². The lowest BCUT2D eigenvalue weighted by Gasteiger charge is -2.30. The monoisotopic (exact) mass is 271 g/mol. The Labute approximate surface area is 117 Å². The SMILES string of the molecule is CN1CC(NC(=O)c2ccc3cc[nH]c3c2)CCC1=O. The van der Waals surface area contributed by atoms with E-state index in [1.807, 2.05) is 30.5 Å². The highest BCUT2D eigenvalue weighted by molar-refractivity contribution is 5.98. The molecule has 1 saturated heterocycles. The summed E-state index contributed by atoms with van der Waals surface area (Å²) in [6.07, 6.45) is 3.06. The Balaban J connectivity index is 1.71. The van der Waals surface area contributed by atoms with Crippen molar-refractivity contribution < 1.29 is 9.59 Å². The zero-order valence-electron chi connectivity index (χ0n) is 11.3. The summed E-state index contributed by atoms with van der Waals surface area (Å²) in [5.41, 5.74) is 1.59. The summed E-state index contributed by atoms with van der Waals surface area (Å²) in [5, 5.41) is 4.08. The number of rotatable bonds is 2. The van der Waals surface area contributed by atoms with Crippen molar-refractivity contribution in [2.24, 2.45) is 0 Å². The molecule has 1 aromatic carbocycles. The van der Waals surface area contributed by atoms with Crippen molar-refractivity contribution in [3.8, 4) is 0 Å². The van der Waals surface area contributed by atoms with Crippen molar-refractivity contribution in [2.45, 2.75) is 18.9 Å². The quantitative estimate of drug-likeness (QED) is 0.869. The topological polar surface area (TPSA) is 65.2 Å². The number of aromatic nitrogens is 1. The van der Waals surface area contributed by atoms with E-state index < -0.39 is 0 Å². The molecule has 0 bridgehead atoms. The van der Waals surface area contributed by atoms with Gasteiger partial charge in [-0.1, -0.05) is 6.07 Å². The van der Waals surface area contributed by atoms with Gasteiger partial charge in [-0.05, 0) is 30.0 Å². The molecule has 5 nitrogen and oxygen atoms in total. The zero-order chi connectivity index (χ0) is 14.1. The van der Waals surface area contributed by atoms with Crippen LogP contribution >= 0.6 is 0 Å². The number of benzene rings is 1. The van der Waals surface area contributed by atoms with Gasteiger partial charge >= 0.3 is 0 Å². The van der Waals surface area contributed by atoms with Gasteiger partial charge < -0.3 is 15.2 Å². The number of fused-ring (bicyclic) bond motifs is 1. The molecule has 0 saturated carbocycles. The summed E-state index contributed by atoms with van der Waals surface area (Å²) in [7, 11) is 1.77. The van der Waals surface area contributed by atoms with Gasteiger partial charge in [-0.15, -0.1) is 0 Å². The van der Waals surface area contributed by atoms with E-state index in [0.29, 0.717) is 24.9 Å². The van der Waals surface area contributed by atoms with Gasteiger partial charge in [0, 0.05) is 43.3 Å². The number of piperidine rings is 1. The maximum Gasteiger partial charge on any atom is 0.251 e. The van der Waals surface area contributed by atoms with E-state index >= 15 is 0 Å². The molecule has 0 aliphatic carbocycles. The van der Waals surface area contributed by atoms with Crippen LogP contribution in [0.5, 0.6) is 0 Å². The highest BCUT2D eigenvalue weighted by Gasteiger charge is 2.24. The Bertz CT molecular complexity index is 662. The van der Waals surface area contributed by atoms with Crippen molar-refractivity contribution in [1.82, 2.24) is 15.2 Å². The minimum absolute atomic E-state index is 0.0320. The molecule has 1 aromatic heterocycles. The molecule has 5 heteroatoms. The molecule has 0 radical (unpaired) electrons. The lowest BCUT2D eigenvalue weighted by atomic mass is 10.0. The van der Waals surface area contributed by atoms with Crippen molar-refractivity contribution in [2.75, 3.05) is 13.6 Å². The third kappa shape index (κ3) is 2.39. The highest BCUT2D eigenvalue weighted by atomic mass is 16.2. The maximum atomic E-state index is 12.2. The molecule has 1 aliphatic rings. The van der Waals surface area contributed by atoms with Gasteiger partial charge in [0.2, 0.25) is 5.91 Å². The number of H-pyrrole nitrogens is 1. The van der Waals surface area contributed by atoms with Crippen LogP contribution in [0.3, 0.4) is 0 Å². The first-order valence-corrected chi connectivity index (χ1v) is 6.75. The molecule has 2 heterocycles. The molecular formula is C15H17N3O2. The Morgan fingerprint density at radius 3 is 3.05 bits per heavy atom. The third-order valence-corrected chi connectivity index (χ3v) is 3.78. The van der Waals surface area contributed by atoms with Crippen LogP contribution in [-0.4, -0.2) is 41.3 Å². The van der Waals surface area contributed by atoms with Crippen molar-refractivity contribution in [1.29, 1.82) is 0 Å². The maximum absolute atomic E-state index is 12.2. The number of likely N-dealkylation sites (N-methyl/N-ethyl adjacent to an activating group) is 1. The smallest absolute Gasteiger partial charge is 0.251 e. The first-order valence-electron chi connectivity index (χ1n) is 6.75. The molecule has 20 heavy (non-hydrogen) atoms. The fourth-order valence-electron chi connectivity index (χ4n) is 2.59. The molecule has 1 atom stereocenters. The fourth-order valence-corrected chi connectivity index (χ4v) is 2.59. The number of hydrogen-bond donors (Lipinski definition) is 2. The number of carbonyl (C=O) groups excluding carboxylic acids is 2.